The highest BCUT2D eigenvalue weighted by Gasteiger charge is 2.19. The molecule has 2 aromatic carbocycles. The highest BCUT2D eigenvalue weighted by atomic mass is 16.5. The molecule has 21 heavy (non-hydrogen) atoms. The van der Waals surface area contributed by atoms with Crippen molar-refractivity contribution in [1.82, 2.24) is 0 Å². The highest BCUT2D eigenvalue weighted by Crippen LogP contribution is 2.24. The second-order valence-electron chi connectivity index (χ2n) is 4.91. The monoisotopic (exact) mass is 285 g/mol. The third-order valence-corrected chi connectivity index (χ3v) is 3.41. The van der Waals surface area contributed by atoms with Crippen LogP contribution in [0.5, 0.6) is 11.5 Å². The number of benzene rings is 2. The minimum atomic E-state index is -0.136. The lowest BCUT2D eigenvalue weighted by atomic mass is 10.0. The Balaban J connectivity index is 2.04. The largest absolute Gasteiger partial charge is 0.494 e. The summed E-state index contributed by atoms with van der Waals surface area (Å²) in [6, 6.07) is 17.6. The number of nitrogens with two attached hydrogens (primary N) is 1. The maximum Gasteiger partial charge on any atom is 0.120 e. The first-order valence-corrected chi connectivity index (χ1v) is 7.44. The standard InChI is InChI=1S/C18H23NO2/c1-3-17(18(19)14-8-6-5-7-9-14)21-16-12-10-15(11-13-16)20-4-2/h5-13,17-18H,3-4,19H2,1-2H3. The van der Waals surface area contributed by atoms with Crippen LogP contribution >= 0.6 is 0 Å². The minimum absolute atomic E-state index is 0.0506. The molecular formula is C18H23NO2. The van der Waals surface area contributed by atoms with E-state index < -0.39 is 0 Å². The van der Waals surface area contributed by atoms with Crippen LogP contribution in [0, 0.1) is 0 Å². The summed E-state index contributed by atoms with van der Waals surface area (Å²) in [4.78, 5) is 0. The molecular weight excluding hydrogens is 262 g/mol. The van der Waals surface area contributed by atoms with E-state index in [0.717, 1.165) is 23.5 Å². The third kappa shape index (κ3) is 4.23. The molecule has 0 aromatic heterocycles. The zero-order valence-electron chi connectivity index (χ0n) is 12.7. The van der Waals surface area contributed by atoms with Gasteiger partial charge in [-0.2, -0.15) is 0 Å². The molecule has 0 radical (unpaired) electrons. The van der Waals surface area contributed by atoms with Crippen molar-refractivity contribution in [3.05, 3.63) is 60.2 Å². The normalized spacial score (nSPS) is 13.5. The molecule has 0 bridgehead atoms. The molecule has 0 saturated heterocycles. The lowest BCUT2D eigenvalue weighted by Crippen LogP contribution is -2.30. The molecule has 3 heteroatoms. The van der Waals surface area contributed by atoms with Gasteiger partial charge in [-0.05, 0) is 43.2 Å². The van der Waals surface area contributed by atoms with E-state index >= 15 is 0 Å². The second kappa shape index (κ2) is 7.70. The van der Waals surface area contributed by atoms with Crippen LogP contribution in [-0.2, 0) is 0 Å². The van der Waals surface area contributed by atoms with E-state index in [1.807, 2.05) is 61.5 Å². The van der Waals surface area contributed by atoms with Crippen molar-refractivity contribution < 1.29 is 9.47 Å². The van der Waals surface area contributed by atoms with Gasteiger partial charge in [-0.1, -0.05) is 37.3 Å². The molecule has 0 aliphatic rings. The van der Waals surface area contributed by atoms with E-state index in [-0.39, 0.29) is 12.1 Å². The van der Waals surface area contributed by atoms with Gasteiger partial charge in [-0.25, -0.2) is 0 Å². The van der Waals surface area contributed by atoms with Crippen molar-refractivity contribution >= 4 is 0 Å². The molecule has 2 unspecified atom stereocenters. The van der Waals surface area contributed by atoms with Crippen LogP contribution in [-0.4, -0.2) is 12.7 Å². The first-order chi connectivity index (χ1) is 10.2. The van der Waals surface area contributed by atoms with Crippen LogP contribution in [0.1, 0.15) is 31.9 Å². The Morgan fingerprint density at radius 2 is 1.52 bits per heavy atom. The molecule has 2 atom stereocenters. The SMILES string of the molecule is CCOc1ccc(OC(CC)C(N)c2ccccc2)cc1. The summed E-state index contributed by atoms with van der Waals surface area (Å²) >= 11 is 0. The third-order valence-electron chi connectivity index (χ3n) is 3.41. The van der Waals surface area contributed by atoms with Gasteiger partial charge in [0.1, 0.15) is 17.6 Å². The molecule has 112 valence electrons. The predicted molar refractivity (Wildman–Crippen MR) is 85.7 cm³/mol. The van der Waals surface area contributed by atoms with Gasteiger partial charge in [0.15, 0.2) is 0 Å². The number of hydrogen-bond donors (Lipinski definition) is 1. The maximum atomic E-state index is 6.33. The predicted octanol–water partition coefficient (Wildman–Crippen LogP) is 3.94. The van der Waals surface area contributed by atoms with Crippen LogP contribution in [0.2, 0.25) is 0 Å². The van der Waals surface area contributed by atoms with Crippen molar-refractivity contribution in [1.29, 1.82) is 0 Å². The average Bonchev–Trinajstić information content (AvgIpc) is 2.54. The number of ether oxygens (including phenoxy) is 2. The quantitative estimate of drug-likeness (QED) is 0.838. The Bertz CT molecular complexity index is 525. The van der Waals surface area contributed by atoms with Crippen LogP contribution in [0.4, 0.5) is 0 Å². The summed E-state index contributed by atoms with van der Waals surface area (Å²) in [5, 5.41) is 0. The molecule has 2 N–H and O–H groups in total. The number of rotatable bonds is 7. The van der Waals surface area contributed by atoms with Gasteiger partial charge in [0.05, 0.1) is 12.6 Å². The van der Waals surface area contributed by atoms with E-state index in [2.05, 4.69) is 6.92 Å². The fourth-order valence-electron chi connectivity index (χ4n) is 2.26. The van der Waals surface area contributed by atoms with E-state index in [0.29, 0.717) is 6.61 Å². The highest BCUT2D eigenvalue weighted by molar-refractivity contribution is 5.31. The van der Waals surface area contributed by atoms with Crippen molar-refractivity contribution in [2.24, 2.45) is 5.73 Å². The van der Waals surface area contributed by atoms with E-state index in [1.54, 1.807) is 0 Å². The Kier molecular flexibility index (Phi) is 5.64. The van der Waals surface area contributed by atoms with Crippen molar-refractivity contribution in [2.75, 3.05) is 6.61 Å². The Labute approximate surface area is 126 Å². The summed E-state index contributed by atoms with van der Waals surface area (Å²) in [5.74, 6) is 1.67. The molecule has 0 heterocycles. The Hall–Kier alpha value is -2.00. The van der Waals surface area contributed by atoms with Gasteiger partial charge in [0.25, 0.3) is 0 Å². The van der Waals surface area contributed by atoms with Crippen molar-refractivity contribution in [2.45, 2.75) is 32.4 Å². The van der Waals surface area contributed by atoms with Gasteiger partial charge < -0.3 is 15.2 Å². The molecule has 0 fully saturated rings. The summed E-state index contributed by atoms with van der Waals surface area (Å²) in [6.45, 7) is 4.72. The Morgan fingerprint density at radius 3 is 2.10 bits per heavy atom. The summed E-state index contributed by atoms with van der Waals surface area (Å²) < 4.78 is 11.5. The van der Waals surface area contributed by atoms with E-state index in [4.69, 9.17) is 15.2 Å². The number of hydrogen-bond acceptors (Lipinski definition) is 3. The summed E-state index contributed by atoms with van der Waals surface area (Å²) in [5.41, 5.74) is 7.42. The van der Waals surface area contributed by atoms with Crippen LogP contribution in [0.3, 0.4) is 0 Å². The van der Waals surface area contributed by atoms with Gasteiger partial charge in [0.2, 0.25) is 0 Å². The maximum absolute atomic E-state index is 6.33. The van der Waals surface area contributed by atoms with Crippen molar-refractivity contribution in [3.63, 3.8) is 0 Å². The lowest BCUT2D eigenvalue weighted by molar-refractivity contribution is 0.166. The fraction of sp³-hybridized carbons (Fsp3) is 0.333. The van der Waals surface area contributed by atoms with Crippen LogP contribution < -0.4 is 15.2 Å². The topological polar surface area (TPSA) is 44.5 Å². The minimum Gasteiger partial charge on any atom is -0.494 e. The van der Waals surface area contributed by atoms with Gasteiger partial charge in [-0.15, -0.1) is 0 Å². The zero-order chi connectivity index (χ0) is 15.1. The Morgan fingerprint density at radius 1 is 0.905 bits per heavy atom. The van der Waals surface area contributed by atoms with E-state index in [9.17, 15) is 0 Å². The van der Waals surface area contributed by atoms with Crippen LogP contribution in [0.25, 0.3) is 0 Å². The molecule has 2 aromatic rings. The van der Waals surface area contributed by atoms with Gasteiger partial charge in [-0.3, -0.25) is 0 Å². The summed E-state index contributed by atoms with van der Waals surface area (Å²) in [6.07, 6.45) is 0.800. The first-order valence-electron chi connectivity index (χ1n) is 7.44. The molecule has 0 aliphatic heterocycles. The van der Waals surface area contributed by atoms with Crippen LogP contribution in [0.15, 0.2) is 54.6 Å². The average molecular weight is 285 g/mol. The van der Waals surface area contributed by atoms with Gasteiger partial charge >= 0.3 is 0 Å². The second-order valence-corrected chi connectivity index (χ2v) is 4.91. The van der Waals surface area contributed by atoms with Crippen molar-refractivity contribution in [3.8, 4) is 11.5 Å². The van der Waals surface area contributed by atoms with Gasteiger partial charge in [0, 0.05) is 0 Å². The van der Waals surface area contributed by atoms with E-state index in [1.165, 1.54) is 0 Å². The molecule has 0 aliphatic carbocycles. The first kappa shape index (κ1) is 15.4. The zero-order valence-corrected chi connectivity index (χ0v) is 12.7. The molecule has 0 saturated carbocycles. The summed E-state index contributed by atoms with van der Waals surface area (Å²) in [7, 11) is 0. The molecule has 0 amide bonds. The molecule has 0 spiro atoms. The molecule has 2 rings (SSSR count). The lowest BCUT2D eigenvalue weighted by Gasteiger charge is -2.24. The molecule has 3 nitrogen and oxygen atoms in total. The smallest absolute Gasteiger partial charge is 0.120 e. The fourth-order valence-corrected chi connectivity index (χ4v) is 2.26.